The lowest BCUT2D eigenvalue weighted by Gasteiger charge is -2.17. The van der Waals surface area contributed by atoms with Crippen LogP contribution in [0.25, 0.3) is 10.9 Å². The molecule has 27 heavy (non-hydrogen) atoms. The molecule has 8 nitrogen and oxygen atoms in total. The van der Waals surface area contributed by atoms with Gasteiger partial charge in [-0.15, -0.1) is 0 Å². The fourth-order valence-corrected chi connectivity index (χ4v) is 2.99. The maximum absolute atomic E-state index is 12.8. The van der Waals surface area contributed by atoms with Crippen LogP contribution in [0.4, 0.5) is 0 Å². The summed E-state index contributed by atoms with van der Waals surface area (Å²) in [6.45, 7) is 1.76. The van der Waals surface area contributed by atoms with Crippen molar-refractivity contribution in [1.82, 2.24) is 20.3 Å². The predicted octanol–water partition coefficient (Wildman–Crippen LogP) is 2.19. The number of benzene rings is 1. The lowest BCUT2D eigenvalue weighted by atomic mass is 10.1. The molecule has 140 valence electrons. The highest BCUT2D eigenvalue weighted by Gasteiger charge is 2.20. The van der Waals surface area contributed by atoms with Crippen molar-refractivity contribution in [2.24, 2.45) is 7.05 Å². The summed E-state index contributed by atoms with van der Waals surface area (Å²) in [5.74, 6) is -0.673. The molecule has 2 heterocycles. The molecule has 0 aliphatic carbocycles. The second-order valence-corrected chi connectivity index (χ2v) is 6.11. The maximum Gasteiger partial charge on any atom is 0.276 e. The predicted molar refractivity (Wildman–Crippen MR) is 98.8 cm³/mol. The Morgan fingerprint density at radius 1 is 1.22 bits per heavy atom. The van der Waals surface area contributed by atoms with E-state index in [0.29, 0.717) is 11.3 Å². The van der Waals surface area contributed by atoms with E-state index in [-0.39, 0.29) is 17.4 Å². The Bertz CT molecular complexity index is 1010. The molecule has 2 aromatic heterocycles. The molecule has 3 rings (SSSR count). The van der Waals surface area contributed by atoms with Gasteiger partial charge in [-0.05, 0) is 25.1 Å². The van der Waals surface area contributed by atoms with Gasteiger partial charge in [-0.1, -0.05) is 18.2 Å². The number of carbonyl (C=O) groups excluding carboxylic acids is 2. The van der Waals surface area contributed by atoms with Gasteiger partial charge < -0.3 is 14.6 Å². The number of aromatic nitrogens is 2. The molecule has 0 bridgehead atoms. The Morgan fingerprint density at radius 2 is 1.96 bits per heavy atom. The van der Waals surface area contributed by atoms with Gasteiger partial charge in [-0.2, -0.15) is 0 Å². The number of hydrogen-bond donors (Lipinski definition) is 3. The SMILES string of the molecule is COc1ncc(C(=O)NO)cc1[C@H](C)NC(=O)c1cc2ccccc2n1C. The highest BCUT2D eigenvalue weighted by molar-refractivity contribution is 5.99. The summed E-state index contributed by atoms with van der Waals surface area (Å²) in [5.41, 5.74) is 3.70. The normalized spacial score (nSPS) is 11.9. The molecule has 0 spiro atoms. The first kappa shape index (κ1) is 18.4. The number of hydroxylamine groups is 1. The van der Waals surface area contributed by atoms with Crippen molar-refractivity contribution in [2.45, 2.75) is 13.0 Å². The van der Waals surface area contributed by atoms with E-state index in [1.165, 1.54) is 19.4 Å². The molecule has 0 aliphatic rings. The summed E-state index contributed by atoms with van der Waals surface area (Å²) in [4.78, 5) is 28.5. The van der Waals surface area contributed by atoms with E-state index >= 15 is 0 Å². The van der Waals surface area contributed by atoms with Gasteiger partial charge in [-0.25, -0.2) is 10.5 Å². The number of nitrogens with one attached hydrogen (secondary N) is 2. The van der Waals surface area contributed by atoms with Gasteiger partial charge >= 0.3 is 0 Å². The number of pyridine rings is 1. The Morgan fingerprint density at radius 3 is 2.63 bits per heavy atom. The molecule has 0 radical (unpaired) electrons. The largest absolute Gasteiger partial charge is 0.481 e. The van der Waals surface area contributed by atoms with E-state index in [0.717, 1.165) is 10.9 Å². The van der Waals surface area contributed by atoms with E-state index in [1.807, 2.05) is 41.9 Å². The van der Waals surface area contributed by atoms with Crippen LogP contribution in [0, 0.1) is 0 Å². The molecule has 3 aromatic rings. The molecule has 0 aliphatic heterocycles. The average Bonchev–Trinajstić information content (AvgIpc) is 3.03. The van der Waals surface area contributed by atoms with Crippen LogP contribution in [0.5, 0.6) is 5.88 Å². The van der Waals surface area contributed by atoms with Gasteiger partial charge in [-0.3, -0.25) is 14.8 Å². The van der Waals surface area contributed by atoms with Crippen LogP contribution in [0.15, 0.2) is 42.6 Å². The lowest BCUT2D eigenvalue weighted by Crippen LogP contribution is -2.29. The van der Waals surface area contributed by atoms with Crippen molar-refractivity contribution in [1.29, 1.82) is 0 Å². The van der Waals surface area contributed by atoms with Crippen LogP contribution in [-0.4, -0.2) is 33.7 Å². The highest BCUT2D eigenvalue weighted by Crippen LogP contribution is 2.25. The topological polar surface area (TPSA) is 105 Å². The fraction of sp³-hybridized carbons (Fsp3) is 0.211. The number of hydrogen-bond acceptors (Lipinski definition) is 5. The molecular weight excluding hydrogens is 348 g/mol. The average molecular weight is 368 g/mol. The number of ether oxygens (including phenoxy) is 1. The monoisotopic (exact) mass is 368 g/mol. The minimum absolute atomic E-state index is 0.152. The van der Waals surface area contributed by atoms with Crippen LogP contribution >= 0.6 is 0 Å². The van der Waals surface area contributed by atoms with Gasteiger partial charge in [0.2, 0.25) is 5.88 Å². The fourth-order valence-electron chi connectivity index (χ4n) is 2.99. The number of para-hydroxylation sites is 1. The molecule has 0 fully saturated rings. The maximum atomic E-state index is 12.8. The third kappa shape index (κ3) is 3.47. The second-order valence-electron chi connectivity index (χ2n) is 6.11. The Hall–Kier alpha value is -3.39. The molecule has 0 saturated carbocycles. The Balaban J connectivity index is 1.89. The van der Waals surface area contributed by atoms with Gasteiger partial charge in [0.05, 0.1) is 18.7 Å². The quantitative estimate of drug-likeness (QED) is 0.473. The Labute approximate surface area is 155 Å². The minimum Gasteiger partial charge on any atom is -0.481 e. The molecule has 8 heteroatoms. The zero-order chi connectivity index (χ0) is 19.6. The Kier molecular flexibility index (Phi) is 5.09. The minimum atomic E-state index is -0.696. The van der Waals surface area contributed by atoms with Crippen molar-refractivity contribution in [3.8, 4) is 5.88 Å². The van der Waals surface area contributed by atoms with Crippen molar-refractivity contribution in [2.75, 3.05) is 7.11 Å². The zero-order valence-electron chi connectivity index (χ0n) is 15.2. The summed E-state index contributed by atoms with van der Waals surface area (Å²) in [5, 5.41) is 12.7. The number of carbonyl (C=O) groups is 2. The zero-order valence-corrected chi connectivity index (χ0v) is 15.2. The number of rotatable bonds is 5. The van der Waals surface area contributed by atoms with Crippen molar-refractivity contribution >= 4 is 22.7 Å². The van der Waals surface area contributed by atoms with E-state index in [4.69, 9.17) is 9.94 Å². The highest BCUT2D eigenvalue weighted by atomic mass is 16.5. The van der Waals surface area contributed by atoms with Crippen molar-refractivity contribution in [3.05, 3.63) is 59.4 Å². The summed E-state index contributed by atoms with van der Waals surface area (Å²) in [6.07, 6.45) is 1.28. The summed E-state index contributed by atoms with van der Waals surface area (Å²) < 4.78 is 7.05. The van der Waals surface area contributed by atoms with Gasteiger partial charge in [0, 0.05) is 29.7 Å². The first-order valence-corrected chi connectivity index (χ1v) is 8.30. The first-order valence-electron chi connectivity index (χ1n) is 8.30. The first-order chi connectivity index (χ1) is 13.0. The molecule has 1 aromatic carbocycles. The molecule has 2 amide bonds. The smallest absolute Gasteiger partial charge is 0.276 e. The molecule has 0 saturated heterocycles. The van der Waals surface area contributed by atoms with E-state index < -0.39 is 11.9 Å². The number of fused-ring (bicyclic) bond motifs is 1. The van der Waals surface area contributed by atoms with E-state index in [1.54, 1.807) is 12.4 Å². The molecule has 1 atom stereocenters. The third-order valence-corrected chi connectivity index (χ3v) is 4.43. The second kappa shape index (κ2) is 7.46. The number of aryl methyl sites for hydroxylation is 1. The van der Waals surface area contributed by atoms with Crippen molar-refractivity contribution < 1.29 is 19.5 Å². The van der Waals surface area contributed by atoms with E-state index in [2.05, 4.69) is 10.3 Å². The summed E-state index contributed by atoms with van der Waals surface area (Å²) in [6, 6.07) is 10.6. The number of nitrogens with zero attached hydrogens (tertiary/aromatic N) is 2. The van der Waals surface area contributed by atoms with Crippen LogP contribution in [-0.2, 0) is 7.05 Å². The van der Waals surface area contributed by atoms with Crippen LogP contribution in [0.3, 0.4) is 0 Å². The van der Waals surface area contributed by atoms with E-state index in [9.17, 15) is 9.59 Å². The lowest BCUT2D eigenvalue weighted by molar-refractivity contribution is 0.0705. The van der Waals surface area contributed by atoms with Gasteiger partial charge in [0.15, 0.2) is 0 Å². The van der Waals surface area contributed by atoms with Crippen molar-refractivity contribution in [3.63, 3.8) is 0 Å². The van der Waals surface area contributed by atoms with Crippen LogP contribution < -0.4 is 15.5 Å². The van der Waals surface area contributed by atoms with Gasteiger partial charge in [0.25, 0.3) is 11.8 Å². The van der Waals surface area contributed by atoms with Gasteiger partial charge in [0.1, 0.15) is 5.69 Å². The molecular formula is C19H20N4O4. The molecule has 0 unspecified atom stereocenters. The standard InChI is InChI=1S/C19H20N4O4/c1-11(14-8-13(17(24)22-26)10-20-19(14)27-3)21-18(25)16-9-12-6-4-5-7-15(12)23(16)2/h4-11,26H,1-3H3,(H,21,25)(H,22,24)/t11-/m0/s1. The summed E-state index contributed by atoms with van der Waals surface area (Å²) in [7, 11) is 3.28. The number of methoxy groups -OCH3 is 1. The molecule has 3 N–H and O–H groups in total. The van der Waals surface area contributed by atoms with Crippen LogP contribution in [0.1, 0.15) is 39.4 Å². The number of amides is 2. The summed E-state index contributed by atoms with van der Waals surface area (Å²) >= 11 is 0. The van der Waals surface area contributed by atoms with Crippen LogP contribution in [0.2, 0.25) is 0 Å². The third-order valence-electron chi connectivity index (χ3n) is 4.43.